The Hall–Kier alpha value is -0.530. The molecule has 1 fully saturated rings. The Morgan fingerprint density at radius 3 is 3.25 bits per heavy atom. The maximum atomic E-state index is 11.2. The molecule has 1 amide bonds. The minimum atomic E-state index is -2.38. The first-order chi connectivity index (χ1) is 5.29. The van der Waals surface area contributed by atoms with Crippen LogP contribution in [0.25, 0.3) is 0 Å². The average Bonchev–Trinajstić information content (AvgIpc) is 1.96. The zero-order valence-electron chi connectivity index (χ0n) is 8.77. The molecule has 1 aliphatic heterocycles. The second kappa shape index (κ2) is 2.16. The molecule has 0 atom stereocenters. The van der Waals surface area contributed by atoms with Crippen molar-refractivity contribution in [3.63, 3.8) is 0 Å². The molecule has 0 spiro atoms. The zero-order chi connectivity index (χ0) is 9.57. The molecule has 0 aromatic carbocycles. The van der Waals surface area contributed by atoms with E-state index in [-0.39, 0.29) is 13.0 Å². The van der Waals surface area contributed by atoms with Crippen LogP contribution in [-0.4, -0.2) is 24.4 Å². The van der Waals surface area contributed by atoms with Crippen molar-refractivity contribution in [3.05, 3.63) is 0 Å². The Morgan fingerprint density at radius 1 is 1.88 bits per heavy atom. The van der Waals surface area contributed by atoms with E-state index in [0.29, 0.717) is 0 Å². The summed E-state index contributed by atoms with van der Waals surface area (Å²) in [7, 11) is 1.48. The normalized spacial score (nSPS) is 41.6. The van der Waals surface area contributed by atoms with E-state index in [1.54, 1.807) is 0 Å². The van der Waals surface area contributed by atoms with Gasteiger partial charge in [-0.05, 0) is 12.8 Å². The number of amides is 1. The largest absolute Gasteiger partial charge is 0.346 e. The first-order valence-electron chi connectivity index (χ1n) is 4.54. The molecule has 0 bridgehead atoms. The highest BCUT2D eigenvalue weighted by atomic mass is 16.2. The van der Waals surface area contributed by atoms with Gasteiger partial charge in [0.05, 0.1) is 0 Å². The predicted octanol–water partition coefficient (Wildman–Crippen LogP) is 0.629. The molecule has 1 heterocycles. The molecule has 2 nitrogen and oxygen atoms in total. The van der Waals surface area contributed by atoms with Gasteiger partial charge < -0.3 is 4.90 Å². The number of piperidine rings is 1. The number of carbonyl (C=O) groups excluding carboxylic acids is 1. The number of nitrogens with zero attached hydrogens (tertiary/aromatic N) is 1. The first kappa shape index (κ1) is 2.38. The van der Waals surface area contributed by atoms with Crippen molar-refractivity contribution in [3.8, 4) is 0 Å². The lowest BCUT2D eigenvalue weighted by atomic mass is 10.1. The van der Waals surface area contributed by atoms with E-state index in [0.717, 1.165) is 0 Å². The van der Waals surface area contributed by atoms with Gasteiger partial charge in [-0.1, -0.05) is 0 Å². The average molecular weight is 117 g/mol. The number of rotatable bonds is 0. The summed E-state index contributed by atoms with van der Waals surface area (Å²) in [6.07, 6.45) is -4.35. The quantitative estimate of drug-likeness (QED) is 0.455. The Labute approximate surface area is 55.1 Å². The van der Waals surface area contributed by atoms with Crippen LogP contribution in [0, 0.1) is 0 Å². The van der Waals surface area contributed by atoms with Crippen LogP contribution < -0.4 is 0 Å². The Kier molecular flexibility index (Phi) is 0.641. The second-order valence-electron chi connectivity index (χ2n) is 1.78. The van der Waals surface area contributed by atoms with E-state index in [2.05, 4.69) is 0 Å². The number of hydrogen-bond acceptors (Lipinski definition) is 1. The summed E-state index contributed by atoms with van der Waals surface area (Å²) in [5, 5.41) is 0. The van der Waals surface area contributed by atoms with E-state index >= 15 is 0 Å². The lowest BCUT2D eigenvalue weighted by Crippen LogP contribution is -2.31. The molecule has 1 saturated heterocycles. The van der Waals surface area contributed by atoms with E-state index in [1.807, 2.05) is 0 Å². The summed E-state index contributed by atoms with van der Waals surface area (Å²) in [6, 6.07) is 0. The molecule has 1 rings (SSSR count). The Bertz CT molecular complexity index is 216. The molecule has 0 radical (unpaired) electrons. The highest BCUT2D eigenvalue weighted by molar-refractivity contribution is 5.76. The molecular weight excluding hydrogens is 102 g/mol. The predicted molar refractivity (Wildman–Crippen MR) is 31.5 cm³/mol. The van der Waals surface area contributed by atoms with Crippen LogP contribution in [0.4, 0.5) is 0 Å². The van der Waals surface area contributed by atoms with Gasteiger partial charge in [0.1, 0.15) is 0 Å². The maximum Gasteiger partial charge on any atom is 0.222 e. The Morgan fingerprint density at radius 2 is 2.62 bits per heavy atom. The van der Waals surface area contributed by atoms with Crippen LogP contribution in [0.5, 0.6) is 0 Å². The van der Waals surface area contributed by atoms with Crippen molar-refractivity contribution in [2.24, 2.45) is 0 Å². The summed E-state index contributed by atoms with van der Waals surface area (Å²) in [4.78, 5) is 12.4. The van der Waals surface area contributed by atoms with Crippen LogP contribution in [-0.2, 0) is 4.79 Å². The third-order valence-corrected chi connectivity index (χ3v) is 1.11. The van der Waals surface area contributed by atoms with Crippen LogP contribution in [0.3, 0.4) is 0 Å². The van der Waals surface area contributed by atoms with E-state index in [9.17, 15) is 4.79 Å². The van der Waals surface area contributed by atoms with Gasteiger partial charge in [0.25, 0.3) is 0 Å². The smallest absolute Gasteiger partial charge is 0.222 e. The minimum Gasteiger partial charge on any atom is -0.346 e. The summed E-state index contributed by atoms with van der Waals surface area (Å²) in [5.74, 6) is -0.765. The molecule has 1 aliphatic rings. The van der Waals surface area contributed by atoms with Gasteiger partial charge in [-0.25, -0.2) is 0 Å². The molecule has 0 saturated carbocycles. The standard InChI is InChI=1S/C6H11NO/c1-7-5-3-2-4-6(7)8/h2-5H2,1H3/i2D2,4D2. The van der Waals surface area contributed by atoms with Crippen LogP contribution >= 0.6 is 0 Å². The van der Waals surface area contributed by atoms with Gasteiger partial charge in [0, 0.05) is 25.4 Å². The molecule has 0 unspecified atom stereocenters. The summed E-state index contributed by atoms with van der Waals surface area (Å²) < 4.78 is 29.1. The lowest BCUT2D eigenvalue weighted by molar-refractivity contribution is -0.131. The first-order valence-corrected chi connectivity index (χ1v) is 2.54. The van der Waals surface area contributed by atoms with Crippen molar-refractivity contribution in [2.75, 3.05) is 13.6 Å². The van der Waals surface area contributed by atoms with Crippen molar-refractivity contribution in [2.45, 2.75) is 19.2 Å². The van der Waals surface area contributed by atoms with E-state index in [1.165, 1.54) is 11.9 Å². The molecule has 2 heteroatoms. The third-order valence-electron chi connectivity index (χ3n) is 1.11. The van der Waals surface area contributed by atoms with Gasteiger partial charge in [-0.15, -0.1) is 0 Å². The monoisotopic (exact) mass is 117 g/mol. The second-order valence-corrected chi connectivity index (χ2v) is 1.78. The maximum absolute atomic E-state index is 11.2. The zero-order valence-corrected chi connectivity index (χ0v) is 4.77. The van der Waals surface area contributed by atoms with Crippen molar-refractivity contribution in [1.82, 2.24) is 4.90 Å². The van der Waals surface area contributed by atoms with E-state index < -0.39 is 18.7 Å². The lowest BCUT2D eigenvalue weighted by Gasteiger charge is -2.21. The molecule has 0 aliphatic carbocycles. The molecule has 0 N–H and O–H groups in total. The molecule has 0 aromatic rings. The SMILES string of the molecule is [2H]C1([2H])CCN(C)C(=O)C1([2H])[2H]. The molecule has 0 aromatic heterocycles. The van der Waals surface area contributed by atoms with Crippen LogP contribution in [0.1, 0.15) is 24.6 Å². The van der Waals surface area contributed by atoms with Gasteiger partial charge in [0.2, 0.25) is 5.91 Å². The van der Waals surface area contributed by atoms with Crippen molar-refractivity contribution >= 4 is 5.91 Å². The number of carbonyl (C=O) groups is 1. The highest BCUT2D eigenvalue weighted by Crippen LogP contribution is 2.06. The third kappa shape index (κ3) is 0.997. The van der Waals surface area contributed by atoms with Crippen molar-refractivity contribution in [1.29, 1.82) is 0 Å². The van der Waals surface area contributed by atoms with Gasteiger partial charge >= 0.3 is 0 Å². The van der Waals surface area contributed by atoms with E-state index in [4.69, 9.17) is 5.48 Å². The molecule has 8 heavy (non-hydrogen) atoms. The fraction of sp³-hybridized carbons (Fsp3) is 0.833. The summed E-state index contributed by atoms with van der Waals surface area (Å²) in [6.45, 7) is 0.283. The molecule has 46 valence electrons. The van der Waals surface area contributed by atoms with Crippen LogP contribution in [0.2, 0.25) is 0 Å². The Balaban J connectivity index is 2.96. The van der Waals surface area contributed by atoms with Gasteiger partial charge in [-0.3, -0.25) is 4.79 Å². The topological polar surface area (TPSA) is 20.3 Å². The van der Waals surface area contributed by atoms with Gasteiger partial charge in [0.15, 0.2) is 0 Å². The summed E-state index contributed by atoms with van der Waals surface area (Å²) in [5.41, 5.74) is 0. The highest BCUT2D eigenvalue weighted by Gasteiger charge is 2.12. The fourth-order valence-corrected chi connectivity index (χ4v) is 0.559. The molecular formula is C6H11NO. The summed E-state index contributed by atoms with van der Waals surface area (Å²) >= 11 is 0. The minimum absolute atomic E-state index is 0.0578. The fourth-order valence-electron chi connectivity index (χ4n) is 0.559. The number of likely N-dealkylation sites (tertiary alicyclic amines) is 1. The van der Waals surface area contributed by atoms with Crippen LogP contribution in [0.15, 0.2) is 0 Å². The number of hydrogen-bond donors (Lipinski definition) is 0. The van der Waals surface area contributed by atoms with Gasteiger partial charge in [-0.2, -0.15) is 0 Å². The van der Waals surface area contributed by atoms with Crippen molar-refractivity contribution < 1.29 is 10.3 Å².